The van der Waals surface area contributed by atoms with Gasteiger partial charge in [0, 0.05) is 11.6 Å². The molecule has 1 aliphatic carbocycles. The number of fused-ring (bicyclic) bond motifs is 2. The fourth-order valence-electron chi connectivity index (χ4n) is 2.56. The van der Waals surface area contributed by atoms with Crippen LogP contribution in [0.3, 0.4) is 0 Å². The highest BCUT2D eigenvalue weighted by atomic mass is 16.5. The average Bonchev–Trinajstić information content (AvgIpc) is 2.46. The van der Waals surface area contributed by atoms with Crippen LogP contribution in [-0.2, 0) is 6.42 Å². The van der Waals surface area contributed by atoms with Gasteiger partial charge >= 0.3 is 0 Å². The molecule has 2 aromatic carbocycles. The minimum atomic E-state index is -0.180. The number of benzene rings is 2. The molecular formula is C16H14O4. The summed E-state index contributed by atoms with van der Waals surface area (Å²) in [4.78, 5) is 12.5. The van der Waals surface area contributed by atoms with E-state index < -0.39 is 0 Å². The molecule has 1 N–H and O–H groups in total. The minimum absolute atomic E-state index is 0.0437. The molecule has 0 fully saturated rings. The number of carbonyl (C=O) groups is 1. The molecule has 2 aromatic rings. The van der Waals surface area contributed by atoms with Crippen molar-refractivity contribution in [3.05, 3.63) is 52.6 Å². The molecule has 1 aliphatic rings. The zero-order valence-corrected chi connectivity index (χ0v) is 11.3. The van der Waals surface area contributed by atoms with Gasteiger partial charge in [-0.25, -0.2) is 0 Å². The molecule has 0 spiro atoms. The summed E-state index contributed by atoms with van der Waals surface area (Å²) in [6.07, 6.45) is 0.588. The van der Waals surface area contributed by atoms with Gasteiger partial charge in [-0.3, -0.25) is 4.79 Å². The maximum atomic E-state index is 12.5. The Morgan fingerprint density at radius 2 is 1.75 bits per heavy atom. The van der Waals surface area contributed by atoms with E-state index in [2.05, 4.69) is 0 Å². The Morgan fingerprint density at radius 1 is 1.00 bits per heavy atom. The topological polar surface area (TPSA) is 55.8 Å². The average molecular weight is 270 g/mol. The lowest BCUT2D eigenvalue weighted by molar-refractivity contribution is 0.103. The summed E-state index contributed by atoms with van der Waals surface area (Å²) in [7, 11) is 3.09. The summed E-state index contributed by atoms with van der Waals surface area (Å²) < 4.78 is 10.3. The highest BCUT2D eigenvalue weighted by molar-refractivity contribution is 6.14. The number of rotatable bonds is 2. The van der Waals surface area contributed by atoms with Crippen molar-refractivity contribution >= 4 is 5.78 Å². The molecule has 4 nitrogen and oxygen atoms in total. The Morgan fingerprint density at radius 3 is 2.45 bits per heavy atom. The maximum Gasteiger partial charge on any atom is 0.197 e. The summed E-state index contributed by atoms with van der Waals surface area (Å²) in [5.41, 5.74) is 2.64. The largest absolute Gasteiger partial charge is 0.507 e. The second-order valence-electron chi connectivity index (χ2n) is 4.71. The van der Waals surface area contributed by atoms with Gasteiger partial charge in [0.25, 0.3) is 0 Å². The number of carbonyl (C=O) groups excluding carboxylic acids is 1. The Balaban J connectivity index is 2.17. The number of ketones is 1. The fourth-order valence-corrected chi connectivity index (χ4v) is 2.56. The number of phenols is 1. The highest BCUT2D eigenvalue weighted by Gasteiger charge is 2.27. The number of ether oxygens (including phenoxy) is 2. The lowest BCUT2D eigenvalue weighted by Crippen LogP contribution is -2.15. The fraction of sp³-hybridized carbons (Fsp3) is 0.188. The van der Waals surface area contributed by atoms with Crippen LogP contribution in [0.2, 0.25) is 0 Å². The third-order valence-corrected chi connectivity index (χ3v) is 3.58. The number of methoxy groups -OCH3 is 2. The summed E-state index contributed by atoms with van der Waals surface area (Å²) in [5.74, 6) is 0.956. The van der Waals surface area contributed by atoms with Gasteiger partial charge in [0.1, 0.15) is 17.2 Å². The van der Waals surface area contributed by atoms with Crippen LogP contribution >= 0.6 is 0 Å². The van der Waals surface area contributed by atoms with Crippen molar-refractivity contribution in [3.8, 4) is 17.2 Å². The summed E-state index contributed by atoms with van der Waals surface area (Å²) in [5, 5.41) is 10.1. The normalized spacial score (nSPS) is 12.6. The molecule has 3 rings (SSSR count). The minimum Gasteiger partial charge on any atom is -0.507 e. The molecule has 4 heteroatoms. The molecule has 0 aliphatic heterocycles. The van der Waals surface area contributed by atoms with Gasteiger partial charge in [-0.05, 0) is 35.7 Å². The van der Waals surface area contributed by atoms with Crippen molar-refractivity contribution in [2.45, 2.75) is 6.42 Å². The van der Waals surface area contributed by atoms with Crippen LogP contribution in [0, 0.1) is 0 Å². The van der Waals surface area contributed by atoms with Crippen molar-refractivity contribution < 1.29 is 19.4 Å². The molecule has 0 saturated carbocycles. The number of phenolic OH excluding ortho intramolecular Hbond substituents is 1. The van der Waals surface area contributed by atoms with E-state index in [0.717, 1.165) is 11.1 Å². The summed E-state index contributed by atoms with van der Waals surface area (Å²) >= 11 is 0. The third kappa shape index (κ3) is 1.81. The SMILES string of the molecule is COc1cc(O)c2c(c1)Cc1ccc(OC)cc1C2=O. The van der Waals surface area contributed by atoms with Gasteiger partial charge in [0.2, 0.25) is 0 Å². The second kappa shape index (κ2) is 4.56. The van der Waals surface area contributed by atoms with Crippen molar-refractivity contribution in [3.63, 3.8) is 0 Å². The maximum absolute atomic E-state index is 12.5. The molecule has 0 radical (unpaired) electrons. The van der Waals surface area contributed by atoms with E-state index in [-0.39, 0.29) is 11.5 Å². The molecular weight excluding hydrogens is 256 g/mol. The zero-order valence-electron chi connectivity index (χ0n) is 11.3. The van der Waals surface area contributed by atoms with Gasteiger partial charge in [0.05, 0.1) is 19.8 Å². The molecule has 102 valence electrons. The van der Waals surface area contributed by atoms with Crippen molar-refractivity contribution in [2.75, 3.05) is 14.2 Å². The first kappa shape index (κ1) is 12.5. The van der Waals surface area contributed by atoms with Crippen LogP contribution in [0.15, 0.2) is 30.3 Å². The lowest BCUT2D eigenvalue weighted by atomic mass is 9.84. The van der Waals surface area contributed by atoms with Crippen LogP contribution in [0.25, 0.3) is 0 Å². The van der Waals surface area contributed by atoms with E-state index in [4.69, 9.17) is 9.47 Å². The monoisotopic (exact) mass is 270 g/mol. The molecule has 0 atom stereocenters. The number of aromatic hydroxyl groups is 1. The van der Waals surface area contributed by atoms with Crippen LogP contribution in [-0.4, -0.2) is 25.1 Å². The first-order valence-electron chi connectivity index (χ1n) is 6.25. The quantitative estimate of drug-likeness (QED) is 0.777. The van der Waals surface area contributed by atoms with Crippen molar-refractivity contribution in [2.24, 2.45) is 0 Å². The van der Waals surface area contributed by atoms with E-state index in [0.29, 0.717) is 29.0 Å². The van der Waals surface area contributed by atoms with Crippen LogP contribution in [0.5, 0.6) is 17.2 Å². The van der Waals surface area contributed by atoms with Crippen LogP contribution < -0.4 is 9.47 Å². The Labute approximate surface area is 116 Å². The smallest absolute Gasteiger partial charge is 0.197 e. The Hall–Kier alpha value is -2.49. The number of hydrogen-bond donors (Lipinski definition) is 1. The molecule has 0 saturated heterocycles. The standard InChI is InChI=1S/C16H14O4/c1-19-11-4-3-9-5-10-6-12(20-2)8-14(17)15(10)16(18)13(9)7-11/h3-4,6-8,17H,5H2,1-2H3. The molecule has 0 aromatic heterocycles. The van der Waals surface area contributed by atoms with E-state index in [1.165, 1.54) is 13.2 Å². The van der Waals surface area contributed by atoms with Crippen molar-refractivity contribution in [1.29, 1.82) is 0 Å². The zero-order chi connectivity index (χ0) is 14.3. The molecule has 20 heavy (non-hydrogen) atoms. The molecule has 0 bridgehead atoms. The predicted octanol–water partition coefficient (Wildman–Crippen LogP) is 2.54. The van der Waals surface area contributed by atoms with Crippen molar-refractivity contribution in [1.82, 2.24) is 0 Å². The lowest BCUT2D eigenvalue weighted by Gasteiger charge is -2.20. The molecule has 0 amide bonds. The van der Waals surface area contributed by atoms with E-state index in [1.807, 2.05) is 12.1 Å². The van der Waals surface area contributed by atoms with Gasteiger partial charge in [-0.1, -0.05) is 6.07 Å². The summed E-state index contributed by atoms with van der Waals surface area (Å²) in [6.45, 7) is 0. The van der Waals surface area contributed by atoms with Gasteiger partial charge in [-0.15, -0.1) is 0 Å². The highest BCUT2D eigenvalue weighted by Crippen LogP contribution is 2.36. The van der Waals surface area contributed by atoms with E-state index in [9.17, 15) is 9.90 Å². The first-order valence-corrected chi connectivity index (χ1v) is 6.25. The van der Waals surface area contributed by atoms with E-state index in [1.54, 1.807) is 19.2 Å². The van der Waals surface area contributed by atoms with Gasteiger partial charge in [-0.2, -0.15) is 0 Å². The summed E-state index contributed by atoms with van der Waals surface area (Å²) in [6, 6.07) is 8.68. The molecule has 0 unspecified atom stereocenters. The van der Waals surface area contributed by atoms with E-state index >= 15 is 0 Å². The van der Waals surface area contributed by atoms with Crippen LogP contribution in [0.1, 0.15) is 27.0 Å². The number of hydrogen-bond acceptors (Lipinski definition) is 4. The second-order valence-corrected chi connectivity index (χ2v) is 4.71. The Kier molecular flexibility index (Phi) is 2.86. The predicted molar refractivity (Wildman–Crippen MR) is 73.9 cm³/mol. The van der Waals surface area contributed by atoms with Gasteiger partial charge < -0.3 is 14.6 Å². The van der Waals surface area contributed by atoms with Crippen LogP contribution in [0.4, 0.5) is 0 Å². The first-order chi connectivity index (χ1) is 9.63. The van der Waals surface area contributed by atoms with Gasteiger partial charge in [0.15, 0.2) is 5.78 Å². The Bertz CT molecular complexity index is 704. The third-order valence-electron chi connectivity index (χ3n) is 3.58. The molecule has 0 heterocycles.